The average molecular weight is 500 g/mol. The molecule has 12 heavy (non-hydrogen) atoms. The Morgan fingerprint density at radius 3 is 2.33 bits per heavy atom. The second-order valence-electron chi connectivity index (χ2n) is 1.89. The lowest BCUT2D eigenvalue weighted by atomic mass is 10.3. The van der Waals surface area contributed by atoms with Crippen molar-refractivity contribution in [3.63, 3.8) is 0 Å². The normalized spacial score (nSPS) is 9.58. The lowest BCUT2D eigenvalue weighted by Crippen LogP contribution is -1.95. The summed E-state index contributed by atoms with van der Waals surface area (Å²) in [5.74, 6) is 0.651. The van der Waals surface area contributed by atoms with E-state index in [1.54, 1.807) is 0 Å². The molecule has 0 amide bonds. The molecule has 0 radical (unpaired) electrons. The molecule has 0 atom stereocenters. The molecule has 0 aliphatic carbocycles. The largest absolute Gasteiger partial charge is 0.426 e. The van der Waals surface area contributed by atoms with Crippen LogP contribution in [-0.2, 0) is 4.79 Å². The minimum atomic E-state index is 0.454. The maximum Gasteiger partial charge on any atom is 0.298 e. The van der Waals surface area contributed by atoms with Gasteiger partial charge in [0.05, 0.1) is 7.14 Å². The fraction of sp³-hybridized carbons (Fsp3) is 0. The van der Waals surface area contributed by atoms with E-state index in [0.717, 1.165) is 10.7 Å². The Labute approximate surface area is 111 Å². The van der Waals surface area contributed by atoms with E-state index in [4.69, 9.17) is 4.74 Å². The molecular weight excluding hydrogens is 497 g/mol. The summed E-state index contributed by atoms with van der Waals surface area (Å²) >= 11 is 6.49. The van der Waals surface area contributed by atoms with Gasteiger partial charge >= 0.3 is 0 Å². The highest BCUT2D eigenvalue weighted by Crippen LogP contribution is 2.30. The van der Waals surface area contributed by atoms with Crippen LogP contribution in [0.15, 0.2) is 12.1 Å². The summed E-state index contributed by atoms with van der Waals surface area (Å²) in [6, 6.07) is 3.91. The smallest absolute Gasteiger partial charge is 0.298 e. The van der Waals surface area contributed by atoms with Crippen molar-refractivity contribution in [2.24, 2.45) is 0 Å². The van der Waals surface area contributed by atoms with Crippen molar-refractivity contribution in [2.45, 2.75) is 0 Å². The van der Waals surface area contributed by atoms with Crippen molar-refractivity contribution in [1.82, 2.24) is 0 Å². The van der Waals surface area contributed by atoms with Gasteiger partial charge in [-0.15, -0.1) is 0 Å². The average Bonchev–Trinajstić information content (AvgIpc) is 2.06. The zero-order valence-corrected chi connectivity index (χ0v) is 12.2. The van der Waals surface area contributed by atoms with Gasteiger partial charge in [0.15, 0.2) is 5.75 Å². The van der Waals surface area contributed by atoms with E-state index in [1.165, 1.54) is 0 Å². The summed E-state index contributed by atoms with van der Waals surface area (Å²) in [5, 5.41) is 0. The zero-order chi connectivity index (χ0) is 9.14. The lowest BCUT2D eigenvalue weighted by Gasteiger charge is -2.05. The number of carbonyl (C=O) groups excluding carboxylic acids is 1. The highest BCUT2D eigenvalue weighted by atomic mass is 127. The third kappa shape index (κ3) is 2.44. The molecule has 0 unspecified atom stereocenters. The third-order valence-electron chi connectivity index (χ3n) is 1.17. The molecule has 0 fully saturated rings. The first kappa shape index (κ1) is 11.0. The summed E-state index contributed by atoms with van der Waals surface area (Å²) in [6.45, 7) is 0.454. The summed E-state index contributed by atoms with van der Waals surface area (Å²) in [6.07, 6.45) is 0. The van der Waals surface area contributed by atoms with E-state index < -0.39 is 0 Å². The fourth-order valence-electron chi connectivity index (χ4n) is 0.665. The first-order valence-corrected chi connectivity index (χ1v) is 6.14. The number of carbonyl (C=O) groups is 1. The quantitative estimate of drug-likeness (QED) is 0.355. The molecule has 1 rings (SSSR count). The molecule has 0 heterocycles. The first-order valence-electron chi connectivity index (χ1n) is 2.90. The van der Waals surface area contributed by atoms with Crippen LogP contribution < -0.4 is 4.74 Å². The molecule has 0 saturated heterocycles. The fourth-order valence-corrected chi connectivity index (χ4v) is 2.78. The Morgan fingerprint density at radius 1 is 1.17 bits per heavy atom. The lowest BCUT2D eigenvalue weighted by molar-refractivity contribution is -0.120. The van der Waals surface area contributed by atoms with Crippen molar-refractivity contribution in [1.29, 1.82) is 0 Å². The van der Waals surface area contributed by atoms with Crippen molar-refractivity contribution >= 4 is 74.2 Å². The van der Waals surface area contributed by atoms with Gasteiger partial charge in [-0.2, -0.15) is 0 Å². The first-order chi connectivity index (χ1) is 5.66. The SMILES string of the molecule is O=COc1c(I)ccc(I)c1I. The van der Waals surface area contributed by atoms with Crippen molar-refractivity contribution < 1.29 is 9.53 Å². The van der Waals surface area contributed by atoms with Gasteiger partial charge < -0.3 is 4.74 Å². The molecule has 64 valence electrons. The Balaban J connectivity index is 3.22. The van der Waals surface area contributed by atoms with E-state index in [0.29, 0.717) is 12.2 Å². The number of hydrogen-bond donors (Lipinski definition) is 0. The Kier molecular flexibility index (Phi) is 4.51. The highest BCUT2D eigenvalue weighted by Gasteiger charge is 2.08. The molecule has 1 aromatic carbocycles. The second-order valence-corrected chi connectivity index (χ2v) is 5.29. The standard InChI is InChI=1S/C7H3I3O2/c8-4-1-2-5(9)7(6(4)10)12-3-11/h1-3H. The minimum absolute atomic E-state index is 0.454. The Hall–Kier alpha value is 0.880. The van der Waals surface area contributed by atoms with E-state index >= 15 is 0 Å². The maximum atomic E-state index is 10.2. The van der Waals surface area contributed by atoms with Crippen LogP contribution in [0.1, 0.15) is 0 Å². The van der Waals surface area contributed by atoms with Gasteiger partial charge in [0.1, 0.15) is 0 Å². The number of ether oxygens (including phenoxy) is 1. The zero-order valence-electron chi connectivity index (χ0n) is 5.68. The molecule has 0 spiro atoms. The van der Waals surface area contributed by atoms with Gasteiger partial charge in [-0.3, -0.25) is 4.79 Å². The number of hydrogen-bond acceptors (Lipinski definition) is 2. The second kappa shape index (κ2) is 4.94. The topological polar surface area (TPSA) is 26.3 Å². The van der Waals surface area contributed by atoms with Crippen LogP contribution in [-0.4, -0.2) is 6.47 Å². The molecular formula is C7H3I3O2. The number of benzene rings is 1. The summed E-state index contributed by atoms with van der Waals surface area (Å²) in [5.41, 5.74) is 0. The van der Waals surface area contributed by atoms with Crippen LogP contribution in [0.4, 0.5) is 0 Å². The molecule has 1 aromatic rings. The Morgan fingerprint density at radius 2 is 1.75 bits per heavy atom. The minimum Gasteiger partial charge on any atom is -0.426 e. The summed E-state index contributed by atoms with van der Waals surface area (Å²) in [7, 11) is 0. The number of halogens is 3. The molecule has 0 aliphatic rings. The van der Waals surface area contributed by atoms with Gasteiger partial charge in [0.25, 0.3) is 6.47 Å². The van der Waals surface area contributed by atoms with E-state index in [-0.39, 0.29) is 0 Å². The molecule has 0 saturated carbocycles. The van der Waals surface area contributed by atoms with Crippen LogP contribution in [0.3, 0.4) is 0 Å². The molecule has 0 aliphatic heterocycles. The summed E-state index contributed by atoms with van der Waals surface area (Å²) in [4.78, 5) is 10.2. The predicted octanol–water partition coefficient (Wildman–Crippen LogP) is 3.04. The van der Waals surface area contributed by atoms with Crippen molar-refractivity contribution in [2.75, 3.05) is 0 Å². The van der Waals surface area contributed by atoms with Crippen LogP contribution >= 0.6 is 67.8 Å². The highest BCUT2D eigenvalue weighted by molar-refractivity contribution is 14.1. The molecule has 2 nitrogen and oxygen atoms in total. The van der Waals surface area contributed by atoms with Gasteiger partial charge in [0.2, 0.25) is 0 Å². The van der Waals surface area contributed by atoms with Crippen LogP contribution in [0, 0.1) is 10.7 Å². The molecule has 0 bridgehead atoms. The van der Waals surface area contributed by atoms with Crippen LogP contribution in [0.5, 0.6) is 5.75 Å². The molecule has 0 aromatic heterocycles. The predicted molar refractivity (Wildman–Crippen MR) is 71.3 cm³/mol. The van der Waals surface area contributed by atoms with E-state index in [9.17, 15) is 4.79 Å². The van der Waals surface area contributed by atoms with Crippen LogP contribution in [0.25, 0.3) is 0 Å². The Bertz CT molecular complexity index is 312. The third-order valence-corrected chi connectivity index (χ3v) is 5.02. The number of rotatable bonds is 2. The van der Waals surface area contributed by atoms with Crippen molar-refractivity contribution in [3.8, 4) is 5.75 Å². The van der Waals surface area contributed by atoms with E-state index in [2.05, 4.69) is 67.8 Å². The van der Waals surface area contributed by atoms with Crippen molar-refractivity contribution in [3.05, 3.63) is 22.8 Å². The monoisotopic (exact) mass is 500 g/mol. The van der Waals surface area contributed by atoms with Gasteiger partial charge in [-0.1, -0.05) is 0 Å². The van der Waals surface area contributed by atoms with Gasteiger partial charge in [-0.05, 0) is 79.9 Å². The molecule has 0 N–H and O–H groups in total. The maximum absolute atomic E-state index is 10.2. The van der Waals surface area contributed by atoms with E-state index in [1.807, 2.05) is 12.1 Å². The van der Waals surface area contributed by atoms with Gasteiger partial charge in [0, 0.05) is 3.57 Å². The van der Waals surface area contributed by atoms with Gasteiger partial charge in [-0.25, -0.2) is 0 Å². The van der Waals surface area contributed by atoms with Crippen LogP contribution in [0.2, 0.25) is 0 Å². The molecule has 5 heteroatoms. The summed E-state index contributed by atoms with van der Waals surface area (Å²) < 4.78 is 7.86.